The molecule has 7 nitrogen and oxygen atoms in total. The van der Waals surface area contributed by atoms with Gasteiger partial charge in [-0.1, -0.05) is 19.3 Å². The Kier molecular flexibility index (Phi) is 5.91. The van der Waals surface area contributed by atoms with Crippen molar-refractivity contribution >= 4 is 22.9 Å². The van der Waals surface area contributed by atoms with Crippen LogP contribution in [0.15, 0.2) is 16.5 Å². The maximum atomic E-state index is 13.5. The lowest BCUT2D eigenvalue weighted by atomic mass is 9.91. The largest absolute Gasteiger partial charge is 0.460 e. The lowest BCUT2D eigenvalue weighted by molar-refractivity contribution is -0.133. The monoisotopic (exact) mass is 415 g/mol. The molecule has 0 aromatic carbocycles. The van der Waals surface area contributed by atoms with Crippen LogP contribution in [0.4, 0.5) is 0 Å². The number of furan rings is 1. The van der Waals surface area contributed by atoms with Crippen LogP contribution in [0, 0.1) is 6.92 Å². The predicted molar refractivity (Wildman–Crippen MR) is 115 cm³/mol. The first-order valence-corrected chi connectivity index (χ1v) is 11.2. The molecule has 1 fully saturated rings. The lowest BCUT2D eigenvalue weighted by Gasteiger charge is -2.44. The van der Waals surface area contributed by atoms with Gasteiger partial charge in [0, 0.05) is 37.9 Å². The van der Waals surface area contributed by atoms with Crippen molar-refractivity contribution in [2.45, 2.75) is 77.4 Å². The molecule has 1 aliphatic heterocycles. The molecule has 1 N–H and O–H groups in total. The molecule has 0 spiro atoms. The summed E-state index contributed by atoms with van der Waals surface area (Å²) in [6.45, 7) is 7.87. The average Bonchev–Trinajstić information content (AvgIpc) is 3.25. The highest BCUT2D eigenvalue weighted by molar-refractivity contribution is 6.03. The lowest BCUT2D eigenvalue weighted by Crippen LogP contribution is -2.65. The molecule has 1 aliphatic carbocycles. The molecule has 0 saturated heterocycles. The van der Waals surface area contributed by atoms with Crippen molar-refractivity contribution in [2.75, 3.05) is 19.8 Å². The zero-order valence-corrected chi connectivity index (χ0v) is 18.3. The van der Waals surface area contributed by atoms with E-state index in [2.05, 4.69) is 5.32 Å². The van der Waals surface area contributed by atoms with E-state index in [9.17, 15) is 9.59 Å². The molecule has 2 aliphatic rings. The summed E-state index contributed by atoms with van der Waals surface area (Å²) in [5.41, 5.74) is 1.21. The van der Waals surface area contributed by atoms with Crippen LogP contribution in [0.25, 0.3) is 11.1 Å². The number of nitrogens with zero attached hydrogens (tertiary/aromatic N) is 2. The van der Waals surface area contributed by atoms with Gasteiger partial charge in [0.1, 0.15) is 17.0 Å². The molecule has 3 heterocycles. The van der Waals surface area contributed by atoms with Crippen molar-refractivity contribution < 1.29 is 18.7 Å². The van der Waals surface area contributed by atoms with E-state index in [-0.39, 0.29) is 17.9 Å². The van der Waals surface area contributed by atoms with Crippen LogP contribution in [-0.2, 0) is 16.1 Å². The van der Waals surface area contributed by atoms with Gasteiger partial charge in [0.15, 0.2) is 5.58 Å². The number of rotatable bonds is 7. The van der Waals surface area contributed by atoms with Crippen molar-refractivity contribution in [3.63, 3.8) is 0 Å². The molecule has 30 heavy (non-hydrogen) atoms. The third kappa shape index (κ3) is 3.75. The SMILES string of the molecule is CCOCCCN1C(=O)c2cc3oc(C)cc3n2CC1(C)C(=O)NC1CCCCC1. The van der Waals surface area contributed by atoms with Gasteiger partial charge in [-0.05, 0) is 40.0 Å². The maximum Gasteiger partial charge on any atom is 0.271 e. The molecule has 2 aromatic heterocycles. The smallest absolute Gasteiger partial charge is 0.271 e. The minimum absolute atomic E-state index is 0.0631. The van der Waals surface area contributed by atoms with Gasteiger partial charge in [0.25, 0.3) is 5.91 Å². The number of amides is 2. The van der Waals surface area contributed by atoms with E-state index in [0.717, 1.165) is 37.0 Å². The first kappa shape index (κ1) is 21.0. The van der Waals surface area contributed by atoms with E-state index in [1.54, 1.807) is 11.0 Å². The molecular formula is C23H33N3O4. The zero-order chi connectivity index (χ0) is 21.3. The van der Waals surface area contributed by atoms with Gasteiger partial charge < -0.3 is 23.9 Å². The molecule has 0 radical (unpaired) electrons. The standard InChI is InChI=1S/C23H33N3O4/c1-4-29-12-8-11-26-21(27)19-14-20-18(13-16(2)30-20)25(19)15-23(26,3)22(28)24-17-9-6-5-7-10-17/h13-14,17H,4-12,15H2,1-3H3,(H,24,28). The topological polar surface area (TPSA) is 76.7 Å². The minimum Gasteiger partial charge on any atom is -0.460 e. The third-order valence-corrected chi connectivity index (χ3v) is 6.54. The molecule has 1 unspecified atom stereocenters. The van der Waals surface area contributed by atoms with Gasteiger partial charge in [-0.15, -0.1) is 0 Å². The van der Waals surface area contributed by atoms with E-state index >= 15 is 0 Å². The van der Waals surface area contributed by atoms with Crippen LogP contribution in [-0.4, -0.2) is 52.6 Å². The summed E-state index contributed by atoms with van der Waals surface area (Å²) in [5, 5.41) is 3.26. The molecule has 2 aromatic rings. The van der Waals surface area contributed by atoms with Crippen molar-refractivity contribution in [1.29, 1.82) is 0 Å². The number of carbonyl (C=O) groups is 2. The summed E-state index contributed by atoms with van der Waals surface area (Å²) >= 11 is 0. The van der Waals surface area contributed by atoms with Gasteiger partial charge in [0.05, 0.1) is 12.1 Å². The number of hydrogen-bond donors (Lipinski definition) is 1. The number of ether oxygens (including phenoxy) is 1. The fraction of sp³-hybridized carbons (Fsp3) is 0.652. The van der Waals surface area contributed by atoms with E-state index in [1.165, 1.54) is 6.42 Å². The van der Waals surface area contributed by atoms with E-state index in [0.29, 0.717) is 44.0 Å². The van der Waals surface area contributed by atoms with Crippen molar-refractivity contribution in [1.82, 2.24) is 14.8 Å². The van der Waals surface area contributed by atoms with Crippen molar-refractivity contribution in [3.8, 4) is 0 Å². The summed E-state index contributed by atoms with van der Waals surface area (Å²) in [6, 6.07) is 3.94. The molecule has 0 bridgehead atoms. The molecular weight excluding hydrogens is 382 g/mol. The van der Waals surface area contributed by atoms with Crippen LogP contribution in [0.3, 0.4) is 0 Å². The van der Waals surface area contributed by atoms with E-state index < -0.39 is 5.54 Å². The Morgan fingerprint density at radius 3 is 2.80 bits per heavy atom. The van der Waals surface area contributed by atoms with Gasteiger partial charge >= 0.3 is 0 Å². The number of fused-ring (bicyclic) bond motifs is 3. The summed E-state index contributed by atoms with van der Waals surface area (Å²) < 4.78 is 13.2. The van der Waals surface area contributed by atoms with Gasteiger partial charge in [-0.3, -0.25) is 9.59 Å². The van der Waals surface area contributed by atoms with Gasteiger partial charge in [0.2, 0.25) is 5.91 Å². The summed E-state index contributed by atoms with van der Waals surface area (Å²) in [4.78, 5) is 28.8. The second kappa shape index (κ2) is 8.46. The Morgan fingerprint density at radius 2 is 2.07 bits per heavy atom. The molecule has 164 valence electrons. The highest BCUT2D eigenvalue weighted by Crippen LogP contribution is 2.34. The van der Waals surface area contributed by atoms with Crippen molar-refractivity contribution in [2.24, 2.45) is 0 Å². The van der Waals surface area contributed by atoms with Crippen LogP contribution >= 0.6 is 0 Å². The quantitative estimate of drug-likeness (QED) is 0.701. The average molecular weight is 416 g/mol. The van der Waals surface area contributed by atoms with Gasteiger partial charge in [-0.2, -0.15) is 0 Å². The number of carbonyl (C=O) groups excluding carboxylic acids is 2. The Balaban J connectivity index is 1.64. The zero-order valence-electron chi connectivity index (χ0n) is 18.3. The number of nitrogens with one attached hydrogen (secondary N) is 1. The number of aryl methyl sites for hydroxylation is 1. The van der Waals surface area contributed by atoms with Crippen LogP contribution in [0.5, 0.6) is 0 Å². The fourth-order valence-corrected chi connectivity index (χ4v) is 4.87. The van der Waals surface area contributed by atoms with Gasteiger partial charge in [-0.25, -0.2) is 0 Å². The Labute approximate surface area is 177 Å². The van der Waals surface area contributed by atoms with Crippen molar-refractivity contribution in [3.05, 3.63) is 23.6 Å². The molecule has 4 rings (SSSR count). The Hall–Kier alpha value is -2.28. The van der Waals surface area contributed by atoms with Crippen LogP contribution in [0.1, 0.15) is 68.6 Å². The Bertz CT molecular complexity index is 924. The number of hydrogen-bond acceptors (Lipinski definition) is 4. The maximum absolute atomic E-state index is 13.5. The molecule has 7 heteroatoms. The molecule has 2 amide bonds. The third-order valence-electron chi connectivity index (χ3n) is 6.54. The molecule has 1 saturated carbocycles. The highest BCUT2D eigenvalue weighted by atomic mass is 16.5. The fourth-order valence-electron chi connectivity index (χ4n) is 4.87. The normalized spacial score (nSPS) is 22.5. The second-order valence-electron chi connectivity index (χ2n) is 8.81. The van der Waals surface area contributed by atoms with E-state index in [4.69, 9.17) is 9.15 Å². The van der Waals surface area contributed by atoms with Crippen LogP contribution < -0.4 is 5.32 Å². The summed E-state index contributed by atoms with van der Waals surface area (Å²) in [7, 11) is 0. The first-order valence-electron chi connectivity index (χ1n) is 11.2. The second-order valence-corrected chi connectivity index (χ2v) is 8.81. The van der Waals surface area contributed by atoms with Crippen LogP contribution in [0.2, 0.25) is 0 Å². The molecule has 1 atom stereocenters. The Morgan fingerprint density at radius 1 is 1.30 bits per heavy atom. The summed E-state index contributed by atoms with van der Waals surface area (Å²) in [5.74, 6) is 0.616. The van der Waals surface area contributed by atoms with E-state index in [1.807, 2.05) is 31.4 Å². The predicted octanol–water partition coefficient (Wildman–Crippen LogP) is 3.63. The minimum atomic E-state index is -0.954. The summed E-state index contributed by atoms with van der Waals surface area (Å²) in [6.07, 6.45) is 6.25. The number of aromatic nitrogens is 1. The first-order chi connectivity index (χ1) is 14.4. The highest BCUT2D eigenvalue weighted by Gasteiger charge is 2.48.